The SMILES string of the molecule is Cc1cc(Cl)ccc1-c1cc(C(=O)O)no1. The number of rotatable bonds is 2. The molecule has 2 rings (SSSR count). The van der Waals surface area contributed by atoms with Crippen molar-refractivity contribution >= 4 is 17.6 Å². The van der Waals surface area contributed by atoms with Gasteiger partial charge in [0.1, 0.15) is 0 Å². The van der Waals surface area contributed by atoms with E-state index in [2.05, 4.69) is 5.16 Å². The molecular formula is C11H8ClNO3. The van der Waals surface area contributed by atoms with Crippen LogP contribution in [0.25, 0.3) is 11.3 Å². The lowest BCUT2D eigenvalue weighted by atomic mass is 10.1. The van der Waals surface area contributed by atoms with Gasteiger partial charge in [0, 0.05) is 16.7 Å². The number of aromatic carboxylic acids is 1. The summed E-state index contributed by atoms with van der Waals surface area (Å²) < 4.78 is 4.96. The molecule has 0 aliphatic carbocycles. The normalized spacial score (nSPS) is 10.4. The Labute approximate surface area is 96.4 Å². The lowest BCUT2D eigenvalue weighted by Gasteiger charge is -2.00. The number of carbonyl (C=O) groups is 1. The molecule has 1 aromatic heterocycles. The van der Waals surface area contributed by atoms with Crippen molar-refractivity contribution in [1.29, 1.82) is 0 Å². The number of aromatic nitrogens is 1. The quantitative estimate of drug-likeness (QED) is 0.872. The summed E-state index contributed by atoms with van der Waals surface area (Å²) in [7, 11) is 0. The zero-order valence-corrected chi connectivity index (χ0v) is 9.15. The van der Waals surface area contributed by atoms with Crippen molar-refractivity contribution in [1.82, 2.24) is 5.16 Å². The molecule has 1 N–H and O–H groups in total. The van der Waals surface area contributed by atoms with Gasteiger partial charge in [0.05, 0.1) is 0 Å². The van der Waals surface area contributed by atoms with Crippen molar-refractivity contribution in [2.45, 2.75) is 6.92 Å². The van der Waals surface area contributed by atoms with E-state index in [9.17, 15) is 4.79 Å². The van der Waals surface area contributed by atoms with Crippen LogP contribution in [0.1, 0.15) is 16.1 Å². The number of hydrogen-bond acceptors (Lipinski definition) is 3. The number of nitrogens with zero attached hydrogens (tertiary/aromatic N) is 1. The Morgan fingerprint density at radius 1 is 1.44 bits per heavy atom. The van der Waals surface area contributed by atoms with E-state index in [4.69, 9.17) is 21.2 Å². The molecule has 16 heavy (non-hydrogen) atoms. The Bertz CT molecular complexity index is 548. The fourth-order valence-corrected chi connectivity index (χ4v) is 1.63. The monoisotopic (exact) mass is 237 g/mol. The summed E-state index contributed by atoms with van der Waals surface area (Å²) >= 11 is 5.82. The predicted molar refractivity (Wildman–Crippen MR) is 58.6 cm³/mol. The summed E-state index contributed by atoms with van der Waals surface area (Å²) in [6, 6.07) is 6.65. The van der Waals surface area contributed by atoms with Gasteiger partial charge < -0.3 is 9.63 Å². The predicted octanol–water partition coefficient (Wildman–Crippen LogP) is 3.00. The molecule has 0 fully saturated rings. The van der Waals surface area contributed by atoms with Crippen molar-refractivity contribution in [3.8, 4) is 11.3 Å². The van der Waals surface area contributed by atoms with E-state index in [0.717, 1.165) is 11.1 Å². The van der Waals surface area contributed by atoms with E-state index in [0.29, 0.717) is 10.8 Å². The first kappa shape index (κ1) is 10.7. The Balaban J connectivity index is 2.46. The maximum Gasteiger partial charge on any atom is 0.358 e. The summed E-state index contributed by atoms with van der Waals surface area (Å²) in [5.41, 5.74) is 1.58. The van der Waals surface area contributed by atoms with E-state index in [1.165, 1.54) is 6.07 Å². The third-order valence-electron chi connectivity index (χ3n) is 2.18. The fourth-order valence-electron chi connectivity index (χ4n) is 1.41. The van der Waals surface area contributed by atoms with Crippen molar-refractivity contribution in [2.75, 3.05) is 0 Å². The molecule has 0 bridgehead atoms. The molecule has 82 valence electrons. The second-order valence-corrected chi connectivity index (χ2v) is 3.78. The average Bonchev–Trinajstić information content (AvgIpc) is 2.66. The molecule has 0 spiro atoms. The highest BCUT2D eigenvalue weighted by atomic mass is 35.5. The van der Waals surface area contributed by atoms with E-state index in [-0.39, 0.29) is 5.69 Å². The zero-order chi connectivity index (χ0) is 11.7. The minimum absolute atomic E-state index is 0.107. The smallest absolute Gasteiger partial charge is 0.358 e. The molecule has 0 saturated heterocycles. The van der Waals surface area contributed by atoms with Crippen LogP contribution in [0.2, 0.25) is 5.02 Å². The molecule has 1 aromatic carbocycles. The third kappa shape index (κ3) is 1.92. The van der Waals surface area contributed by atoms with Crippen molar-refractivity contribution in [3.05, 3.63) is 40.5 Å². The fraction of sp³-hybridized carbons (Fsp3) is 0.0909. The number of halogens is 1. The molecule has 0 radical (unpaired) electrons. The van der Waals surface area contributed by atoms with Gasteiger partial charge >= 0.3 is 5.97 Å². The van der Waals surface area contributed by atoms with Gasteiger partial charge in [0.15, 0.2) is 11.5 Å². The minimum Gasteiger partial charge on any atom is -0.476 e. The first-order valence-electron chi connectivity index (χ1n) is 4.54. The molecule has 5 heteroatoms. The highest BCUT2D eigenvalue weighted by Crippen LogP contribution is 2.26. The molecule has 0 unspecified atom stereocenters. The van der Waals surface area contributed by atoms with Gasteiger partial charge in [-0.15, -0.1) is 0 Å². The zero-order valence-electron chi connectivity index (χ0n) is 8.40. The van der Waals surface area contributed by atoms with E-state index >= 15 is 0 Å². The van der Waals surface area contributed by atoms with Crippen molar-refractivity contribution in [3.63, 3.8) is 0 Å². The van der Waals surface area contributed by atoms with Gasteiger partial charge in [-0.2, -0.15) is 0 Å². The van der Waals surface area contributed by atoms with Crippen LogP contribution in [0.4, 0.5) is 0 Å². The highest BCUT2D eigenvalue weighted by Gasteiger charge is 2.13. The van der Waals surface area contributed by atoms with Crippen molar-refractivity contribution in [2.24, 2.45) is 0 Å². The Hall–Kier alpha value is -1.81. The Morgan fingerprint density at radius 2 is 2.19 bits per heavy atom. The maximum absolute atomic E-state index is 10.6. The molecule has 0 amide bonds. The third-order valence-corrected chi connectivity index (χ3v) is 2.42. The van der Waals surface area contributed by atoms with E-state index in [1.807, 2.05) is 6.92 Å². The Kier molecular flexibility index (Phi) is 2.66. The molecule has 4 nitrogen and oxygen atoms in total. The lowest BCUT2D eigenvalue weighted by Crippen LogP contribution is -1.94. The summed E-state index contributed by atoms with van der Waals surface area (Å²) in [6.07, 6.45) is 0. The van der Waals surface area contributed by atoms with Gasteiger partial charge in [-0.05, 0) is 30.7 Å². The van der Waals surface area contributed by atoms with Gasteiger partial charge in [0.2, 0.25) is 0 Å². The van der Waals surface area contributed by atoms with Crippen LogP contribution >= 0.6 is 11.6 Å². The summed E-state index contributed by atoms with van der Waals surface area (Å²) in [5.74, 6) is -0.687. The van der Waals surface area contributed by atoms with Gasteiger partial charge in [-0.1, -0.05) is 16.8 Å². The van der Waals surface area contributed by atoms with Gasteiger partial charge in [-0.25, -0.2) is 4.79 Å². The second kappa shape index (κ2) is 3.98. The standard InChI is InChI=1S/C11H8ClNO3/c1-6-4-7(12)2-3-8(6)10-5-9(11(14)15)13-16-10/h2-5H,1H3,(H,14,15). The number of benzene rings is 1. The number of carboxylic acid groups (broad SMARTS) is 1. The van der Waals surface area contributed by atoms with E-state index in [1.54, 1.807) is 18.2 Å². The van der Waals surface area contributed by atoms with Crippen molar-refractivity contribution < 1.29 is 14.4 Å². The molecule has 0 aliphatic heterocycles. The molecule has 0 saturated carbocycles. The molecular weight excluding hydrogens is 230 g/mol. The summed E-state index contributed by atoms with van der Waals surface area (Å²) in [4.78, 5) is 10.6. The van der Waals surface area contributed by atoms with Crippen LogP contribution in [-0.2, 0) is 0 Å². The average molecular weight is 238 g/mol. The first-order chi connectivity index (χ1) is 7.58. The van der Waals surface area contributed by atoms with Crippen LogP contribution in [-0.4, -0.2) is 16.2 Å². The number of aryl methyl sites for hydroxylation is 1. The topological polar surface area (TPSA) is 63.3 Å². The highest BCUT2D eigenvalue weighted by molar-refractivity contribution is 6.30. The summed E-state index contributed by atoms with van der Waals surface area (Å²) in [6.45, 7) is 1.87. The molecule has 1 heterocycles. The molecule has 2 aromatic rings. The molecule has 0 atom stereocenters. The summed E-state index contributed by atoms with van der Waals surface area (Å²) in [5, 5.41) is 12.8. The lowest BCUT2D eigenvalue weighted by molar-refractivity contribution is 0.0686. The van der Waals surface area contributed by atoms with Gasteiger partial charge in [-0.3, -0.25) is 0 Å². The van der Waals surface area contributed by atoms with Crippen LogP contribution in [0.15, 0.2) is 28.8 Å². The van der Waals surface area contributed by atoms with Gasteiger partial charge in [0.25, 0.3) is 0 Å². The molecule has 0 aliphatic rings. The second-order valence-electron chi connectivity index (χ2n) is 3.34. The van der Waals surface area contributed by atoms with Crippen LogP contribution in [0.5, 0.6) is 0 Å². The number of hydrogen-bond donors (Lipinski definition) is 1. The van der Waals surface area contributed by atoms with Crippen LogP contribution < -0.4 is 0 Å². The number of carboxylic acids is 1. The minimum atomic E-state index is -1.11. The first-order valence-corrected chi connectivity index (χ1v) is 4.92. The van der Waals surface area contributed by atoms with Crippen LogP contribution in [0.3, 0.4) is 0 Å². The van der Waals surface area contributed by atoms with E-state index < -0.39 is 5.97 Å². The maximum atomic E-state index is 10.6. The van der Waals surface area contributed by atoms with Crippen LogP contribution in [0, 0.1) is 6.92 Å². The largest absolute Gasteiger partial charge is 0.476 e. The Morgan fingerprint density at radius 3 is 2.75 bits per heavy atom.